The fourth-order valence-electron chi connectivity index (χ4n) is 1.87. The van der Waals surface area contributed by atoms with Gasteiger partial charge in [-0.3, -0.25) is 9.97 Å². The first-order valence-corrected chi connectivity index (χ1v) is 6.39. The van der Waals surface area contributed by atoms with Crippen LogP contribution in [0.15, 0.2) is 30.6 Å². The third-order valence-corrected chi connectivity index (χ3v) is 3.01. The molecule has 4 nitrogen and oxygen atoms in total. The maximum absolute atomic E-state index is 5.74. The minimum Gasteiger partial charge on any atom is -0.492 e. The second-order valence-electron chi connectivity index (χ2n) is 4.08. The van der Waals surface area contributed by atoms with Gasteiger partial charge in [-0.2, -0.15) is 0 Å². The quantitative estimate of drug-likeness (QED) is 0.783. The van der Waals surface area contributed by atoms with Crippen LogP contribution in [-0.2, 0) is 0 Å². The van der Waals surface area contributed by atoms with Crippen LogP contribution in [0, 0.1) is 0 Å². The lowest BCUT2D eigenvalue weighted by atomic mass is 10.3. The summed E-state index contributed by atoms with van der Waals surface area (Å²) in [5.41, 5.74) is 1.77. The molecular formula is C14H19N3O. The van der Waals surface area contributed by atoms with E-state index in [1.165, 1.54) is 0 Å². The molecule has 0 amide bonds. The van der Waals surface area contributed by atoms with E-state index in [0.29, 0.717) is 6.61 Å². The van der Waals surface area contributed by atoms with E-state index < -0.39 is 0 Å². The van der Waals surface area contributed by atoms with E-state index in [0.717, 1.165) is 36.4 Å². The molecule has 2 aromatic rings. The molecule has 0 saturated carbocycles. The summed E-state index contributed by atoms with van der Waals surface area (Å²) in [5, 5.41) is 0. The van der Waals surface area contributed by atoms with Gasteiger partial charge >= 0.3 is 0 Å². The smallest absolute Gasteiger partial charge is 0.121 e. The van der Waals surface area contributed by atoms with Gasteiger partial charge in [0, 0.05) is 25.0 Å². The van der Waals surface area contributed by atoms with Crippen molar-refractivity contribution in [3.05, 3.63) is 30.6 Å². The summed E-state index contributed by atoms with van der Waals surface area (Å²) in [7, 11) is 0. The molecule has 2 rings (SSSR count). The third-order valence-electron chi connectivity index (χ3n) is 3.01. The molecule has 0 N–H and O–H groups in total. The number of likely N-dealkylation sites (N-methyl/N-ethyl adjacent to an activating group) is 1. The Balaban J connectivity index is 1.95. The molecule has 1 aromatic heterocycles. The first-order chi connectivity index (χ1) is 8.83. The predicted octanol–water partition coefficient (Wildman–Crippen LogP) is 2.35. The van der Waals surface area contributed by atoms with Gasteiger partial charge in [0.2, 0.25) is 0 Å². The van der Waals surface area contributed by atoms with Gasteiger partial charge in [0.15, 0.2) is 0 Å². The number of nitrogens with zero attached hydrogens (tertiary/aromatic N) is 3. The molecule has 0 fully saturated rings. The van der Waals surface area contributed by atoms with E-state index in [2.05, 4.69) is 28.7 Å². The molecule has 0 bridgehead atoms. The van der Waals surface area contributed by atoms with E-state index in [1.807, 2.05) is 18.2 Å². The van der Waals surface area contributed by atoms with Crippen LogP contribution < -0.4 is 4.74 Å². The molecule has 0 aliphatic heterocycles. The van der Waals surface area contributed by atoms with E-state index in [1.54, 1.807) is 12.4 Å². The first-order valence-electron chi connectivity index (χ1n) is 6.39. The Kier molecular flexibility index (Phi) is 4.47. The predicted molar refractivity (Wildman–Crippen MR) is 72.8 cm³/mol. The van der Waals surface area contributed by atoms with E-state index in [-0.39, 0.29) is 0 Å². The second kappa shape index (κ2) is 6.31. The minimum absolute atomic E-state index is 0.702. The van der Waals surface area contributed by atoms with Crippen LogP contribution in [0.3, 0.4) is 0 Å². The lowest BCUT2D eigenvalue weighted by Gasteiger charge is -2.17. The van der Waals surface area contributed by atoms with Gasteiger partial charge in [-0.1, -0.05) is 13.8 Å². The van der Waals surface area contributed by atoms with Gasteiger partial charge in [-0.05, 0) is 25.2 Å². The zero-order chi connectivity index (χ0) is 12.8. The maximum Gasteiger partial charge on any atom is 0.121 e. The van der Waals surface area contributed by atoms with E-state index in [9.17, 15) is 0 Å². The molecule has 0 radical (unpaired) electrons. The molecule has 96 valence electrons. The molecule has 18 heavy (non-hydrogen) atoms. The summed E-state index contributed by atoms with van der Waals surface area (Å²) in [5.74, 6) is 0.857. The summed E-state index contributed by atoms with van der Waals surface area (Å²) in [6.45, 7) is 8.09. The molecule has 0 unspecified atom stereocenters. The van der Waals surface area contributed by atoms with Gasteiger partial charge in [0.1, 0.15) is 12.4 Å². The summed E-state index contributed by atoms with van der Waals surface area (Å²) >= 11 is 0. The van der Waals surface area contributed by atoms with Gasteiger partial charge < -0.3 is 9.64 Å². The summed E-state index contributed by atoms with van der Waals surface area (Å²) in [6, 6.07) is 5.82. The van der Waals surface area contributed by atoms with Crippen molar-refractivity contribution in [2.75, 3.05) is 26.2 Å². The molecule has 1 aromatic carbocycles. The standard InChI is InChI=1S/C14H19N3O/c1-3-17(4-2)9-10-18-12-5-6-13-14(11-12)16-8-7-15-13/h5-8,11H,3-4,9-10H2,1-2H3. The van der Waals surface area contributed by atoms with Crippen LogP contribution in [0.25, 0.3) is 11.0 Å². The van der Waals surface area contributed by atoms with Crippen LogP contribution in [0.5, 0.6) is 5.75 Å². The molecule has 0 aliphatic carbocycles. The minimum atomic E-state index is 0.702. The summed E-state index contributed by atoms with van der Waals surface area (Å²) < 4.78 is 5.74. The maximum atomic E-state index is 5.74. The highest BCUT2D eigenvalue weighted by molar-refractivity contribution is 5.75. The second-order valence-corrected chi connectivity index (χ2v) is 4.08. The Morgan fingerprint density at radius 1 is 1.06 bits per heavy atom. The molecule has 0 spiro atoms. The van der Waals surface area contributed by atoms with E-state index >= 15 is 0 Å². The summed E-state index contributed by atoms with van der Waals surface area (Å²) in [6.07, 6.45) is 3.39. The third kappa shape index (κ3) is 3.17. The van der Waals surface area contributed by atoms with Crippen LogP contribution in [0.1, 0.15) is 13.8 Å². The highest BCUT2D eigenvalue weighted by atomic mass is 16.5. The lowest BCUT2D eigenvalue weighted by molar-refractivity contribution is 0.223. The normalized spacial score (nSPS) is 11.1. The topological polar surface area (TPSA) is 38.2 Å². The van der Waals surface area contributed by atoms with Gasteiger partial charge in [-0.15, -0.1) is 0 Å². The van der Waals surface area contributed by atoms with Crippen molar-refractivity contribution in [1.29, 1.82) is 0 Å². The number of hydrogen-bond acceptors (Lipinski definition) is 4. The number of rotatable bonds is 6. The molecule has 0 saturated heterocycles. The van der Waals surface area contributed by atoms with Crippen LogP contribution in [0.4, 0.5) is 0 Å². The molecule has 1 heterocycles. The van der Waals surface area contributed by atoms with E-state index in [4.69, 9.17) is 4.74 Å². The number of benzene rings is 1. The molecule has 0 atom stereocenters. The first kappa shape index (κ1) is 12.8. The van der Waals surface area contributed by atoms with Crippen molar-refractivity contribution < 1.29 is 4.74 Å². The Hall–Kier alpha value is -1.68. The number of hydrogen-bond donors (Lipinski definition) is 0. The van der Waals surface area contributed by atoms with Crippen molar-refractivity contribution in [3.63, 3.8) is 0 Å². The SMILES string of the molecule is CCN(CC)CCOc1ccc2nccnc2c1. The van der Waals surface area contributed by atoms with Crippen molar-refractivity contribution in [1.82, 2.24) is 14.9 Å². The van der Waals surface area contributed by atoms with Crippen molar-refractivity contribution in [2.45, 2.75) is 13.8 Å². The fourth-order valence-corrected chi connectivity index (χ4v) is 1.87. The highest BCUT2D eigenvalue weighted by Gasteiger charge is 2.01. The van der Waals surface area contributed by atoms with Gasteiger partial charge in [-0.25, -0.2) is 0 Å². The monoisotopic (exact) mass is 245 g/mol. The van der Waals surface area contributed by atoms with Crippen molar-refractivity contribution >= 4 is 11.0 Å². The van der Waals surface area contributed by atoms with Crippen molar-refractivity contribution in [3.8, 4) is 5.75 Å². The van der Waals surface area contributed by atoms with Gasteiger partial charge in [0.25, 0.3) is 0 Å². The number of fused-ring (bicyclic) bond motifs is 1. The Bertz CT molecular complexity index is 497. The lowest BCUT2D eigenvalue weighted by Crippen LogP contribution is -2.27. The Morgan fingerprint density at radius 3 is 2.50 bits per heavy atom. The Morgan fingerprint density at radius 2 is 1.78 bits per heavy atom. The van der Waals surface area contributed by atoms with Crippen LogP contribution >= 0.6 is 0 Å². The zero-order valence-corrected chi connectivity index (χ0v) is 11.0. The number of ether oxygens (including phenoxy) is 1. The Labute approximate surface area is 108 Å². The van der Waals surface area contributed by atoms with Crippen LogP contribution in [0.2, 0.25) is 0 Å². The van der Waals surface area contributed by atoms with Crippen LogP contribution in [-0.4, -0.2) is 41.1 Å². The summed E-state index contributed by atoms with van der Waals surface area (Å²) in [4.78, 5) is 10.8. The largest absolute Gasteiger partial charge is 0.492 e. The highest BCUT2D eigenvalue weighted by Crippen LogP contribution is 2.16. The van der Waals surface area contributed by atoms with Gasteiger partial charge in [0.05, 0.1) is 11.0 Å². The molecule has 4 heteroatoms. The van der Waals surface area contributed by atoms with Crippen molar-refractivity contribution in [2.24, 2.45) is 0 Å². The molecular weight excluding hydrogens is 226 g/mol. The zero-order valence-electron chi connectivity index (χ0n) is 11.0. The number of aromatic nitrogens is 2. The fraction of sp³-hybridized carbons (Fsp3) is 0.429. The average Bonchev–Trinajstić information content (AvgIpc) is 2.43. The molecule has 0 aliphatic rings. The average molecular weight is 245 g/mol.